The Morgan fingerprint density at radius 2 is 1.86 bits per heavy atom. The lowest BCUT2D eigenvalue weighted by atomic mass is 9.45. The molecule has 0 aromatic rings. The number of ketones is 2. The minimum atomic E-state index is -1.13. The molecule has 0 amide bonds. The largest absolute Gasteiger partial charge is 0.451 e. The van der Waals surface area contributed by atoms with Gasteiger partial charge in [0.25, 0.3) is 0 Å². The number of aliphatic hydroxyl groups excluding tert-OH is 1. The van der Waals surface area contributed by atoms with Gasteiger partial charge in [-0.25, -0.2) is 0 Å². The lowest BCUT2D eigenvalue weighted by Gasteiger charge is -2.60. The maximum Gasteiger partial charge on any atom is 0.303 e. The summed E-state index contributed by atoms with van der Waals surface area (Å²) in [7, 11) is 0. The number of rotatable bonds is 2. The molecule has 0 saturated heterocycles. The Balaban J connectivity index is 1.75. The Kier molecular flexibility index (Phi) is 4.42. The first kappa shape index (κ1) is 19.8. The van der Waals surface area contributed by atoms with Gasteiger partial charge >= 0.3 is 5.97 Å². The Labute approximate surface area is 166 Å². The summed E-state index contributed by atoms with van der Waals surface area (Å²) in [5.41, 5.74) is -0.633. The van der Waals surface area contributed by atoms with E-state index in [1.165, 1.54) is 19.4 Å². The molecule has 4 aliphatic carbocycles. The van der Waals surface area contributed by atoms with Gasteiger partial charge in [0, 0.05) is 18.8 Å². The summed E-state index contributed by atoms with van der Waals surface area (Å²) >= 11 is 0. The van der Waals surface area contributed by atoms with E-state index in [9.17, 15) is 19.5 Å². The summed E-state index contributed by atoms with van der Waals surface area (Å²) in [6.45, 7) is 7.14. The number of esters is 1. The quantitative estimate of drug-likeness (QED) is 0.734. The number of carbonyl (C=O) groups is 3. The number of carbonyl (C=O) groups excluding carboxylic acids is 3. The smallest absolute Gasteiger partial charge is 0.303 e. The third-order valence-corrected chi connectivity index (χ3v) is 8.90. The van der Waals surface area contributed by atoms with Crippen LogP contribution in [0.5, 0.6) is 0 Å². The molecule has 3 fully saturated rings. The van der Waals surface area contributed by atoms with E-state index in [0.29, 0.717) is 19.3 Å². The normalized spacial score (nSPS) is 47.5. The van der Waals surface area contributed by atoms with Crippen molar-refractivity contribution in [3.63, 3.8) is 0 Å². The number of allylic oxidation sites excluding steroid dienone is 1. The molecule has 5 heteroatoms. The van der Waals surface area contributed by atoms with Gasteiger partial charge < -0.3 is 9.84 Å². The van der Waals surface area contributed by atoms with Gasteiger partial charge in [0.2, 0.25) is 0 Å². The van der Waals surface area contributed by atoms with Crippen molar-refractivity contribution in [2.75, 3.05) is 0 Å². The van der Waals surface area contributed by atoms with Crippen LogP contribution in [0.1, 0.15) is 72.6 Å². The van der Waals surface area contributed by atoms with Gasteiger partial charge in [-0.3, -0.25) is 14.4 Å². The van der Waals surface area contributed by atoms with Gasteiger partial charge in [0.15, 0.2) is 17.2 Å². The molecule has 0 spiro atoms. The summed E-state index contributed by atoms with van der Waals surface area (Å²) in [5.74, 6) is 0.275. The average molecular weight is 389 g/mol. The molecule has 3 saturated carbocycles. The fourth-order valence-electron chi connectivity index (χ4n) is 7.74. The number of fused-ring (bicyclic) bond motifs is 5. The third-order valence-electron chi connectivity index (χ3n) is 8.90. The average Bonchev–Trinajstić information content (AvgIpc) is 2.88. The summed E-state index contributed by atoms with van der Waals surface area (Å²) < 4.78 is 5.75. The predicted octanol–water partition coefficient (Wildman–Crippen LogP) is 3.38. The van der Waals surface area contributed by atoms with Crippen molar-refractivity contribution in [3.05, 3.63) is 11.6 Å². The van der Waals surface area contributed by atoms with E-state index in [2.05, 4.69) is 6.92 Å². The van der Waals surface area contributed by atoms with Crippen molar-refractivity contribution in [1.82, 2.24) is 0 Å². The van der Waals surface area contributed by atoms with Crippen LogP contribution in [0, 0.1) is 28.6 Å². The van der Waals surface area contributed by atoms with E-state index < -0.39 is 23.1 Å². The molecular weight excluding hydrogens is 356 g/mol. The summed E-state index contributed by atoms with van der Waals surface area (Å²) in [5, 5.41) is 11.4. The number of aliphatic hydroxyl groups is 1. The fourth-order valence-corrected chi connectivity index (χ4v) is 7.74. The standard InChI is InChI=1S/C23H32O5/c1-13(24)23(28-14(2)25)10-8-18-17-6-5-15-11-16(26)7-9-21(15,3)20(17)19(27)12-22(18,23)4/h11,17-20,27H,5-10,12H2,1-4H3/t17-,18-,19+,20+,21-,22-,23-/m0/s1. The molecular formula is C23H32O5. The number of Topliss-reactive ketones (excluding diaryl/α,β-unsaturated/α-hetero) is 1. The molecule has 28 heavy (non-hydrogen) atoms. The fraction of sp³-hybridized carbons (Fsp3) is 0.783. The highest BCUT2D eigenvalue weighted by Crippen LogP contribution is 2.68. The first-order chi connectivity index (χ1) is 13.0. The number of hydrogen-bond donors (Lipinski definition) is 1. The van der Waals surface area contributed by atoms with Crippen LogP contribution in [0.4, 0.5) is 0 Å². The molecule has 0 aliphatic heterocycles. The number of ether oxygens (including phenoxy) is 1. The van der Waals surface area contributed by atoms with Gasteiger partial charge in [-0.05, 0) is 74.7 Å². The molecule has 0 heterocycles. The highest BCUT2D eigenvalue weighted by atomic mass is 16.6. The maximum absolute atomic E-state index is 12.8. The van der Waals surface area contributed by atoms with E-state index in [1.54, 1.807) is 0 Å². The van der Waals surface area contributed by atoms with Crippen molar-refractivity contribution in [2.45, 2.75) is 84.3 Å². The van der Waals surface area contributed by atoms with E-state index in [4.69, 9.17) is 4.74 Å². The molecule has 154 valence electrons. The Morgan fingerprint density at radius 1 is 1.14 bits per heavy atom. The van der Waals surface area contributed by atoms with Crippen molar-refractivity contribution in [1.29, 1.82) is 0 Å². The summed E-state index contributed by atoms with van der Waals surface area (Å²) in [6, 6.07) is 0. The summed E-state index contributed by atoms with van der Waals surface area (Å²) in [6.07, 6.45) is 6.23. The van der Waals surface area contributed by atoms with Crippen LogP contribution in [-0.2, 0) is 19.1 Å². The molecule has 7 atom stereocenters. The minimum absolute atomic E-state index is 0.0961. The Bertz CT molecular complexity index is 769. The van der Waals surface area contributed by atoms with Crippen LogP contribution >= 0.6 is 0 Å². The monoisotopic (exact) mass is 388 g/mol. The first-order valence-electron chi connectivity index (χ1n) is 10.7. The van der Waals surface area contributed by atoms with Crippen molar-refractivity contribution in [2.24, 2.45) is 28.6 Å². The highest BCUT2D eigenvalue weighted by Gasteiger charge is 2.69. The van der Waals surface area contributed by atoms with E-state index in [1.807, 2.05) is 13.0 Å². The van der Waals surface area contributed by atoms with E-state index in [0.717, 1.165) is 25.7 Å². The predicted molar refractivity (Wildman–Crippen MR) is 103 cm³/mol. The SMILES string of the molecule is CC(=O)O[C@]1(C(C)=O)CC[C@H]2[C@@H]3CCC4=CC(=O)CC[C@]4(C)[C@H]3[C@H](O)C[C@@]21C. The maximum atomic E-state index is 12.8. The topological polar surface area (TPSA) is 80.7 Å². The van der Waals surface area contributed by atoms with Gasteiger partial charge in [-0.15, -0.1) is 0 Å². The molecule has 0 radical (unpaired) electrons. The zero-order valence-corrected chi connectivity index (χ0v) is 17.4. The zero-order valence-electron chi connectivity index (χ0n) is 17.4. The van der Waals surface area contributed by atoms with Gasteiger partial charge in [0.05, 0.1) is 6.10 Å². The van der Waals surface area contributed by atoms with Gasteiger partial charge in [-0.2, -0.15) is 0 Å². The Hall–Kier alpha value is -1.49. The van der Waals surface area contributed by atoms with Gasteiger partial charge in [0.1, 0.15) is 0 Å². The molecule has 4 rings (SSSR count). The molecule has 1 N–H and O–H groups in total. The molecule has 0 aromatic carbocycles. The molecule has 0 bridgehead atoms. The highest BCUT2D eigenvalue weighted by molar-refractivity contribution is 5.91. The third kappa shape index (κ3) is 2.44. The van der Waals surface area contributed by atoms with Crippen molar-refractivity contribution >= 4 is 17.5 Å². The second-order valence-corrected chi connectivity index (χ2v) is 10.1. The molecule has 0 unspecified atom stereocenters. The summed E-state index contributed by atoms with van der Waals surface area (Å²) in [4.78, 5) is 36.6. The van der Waals surface area contributed by atoms with Crippen LogP contribution in [0.2, 0.25) is 0 Å². The van der Waals surface area contributed by atoms with Crippen LogP contribution < -0.4 is 0 Å². The van der Waals surface area contributed by atoms with Gasteiger partial charge in [-0.1, -0.05) is 19.4 Å². The second kappa shape index (κ2) is 6.25. The lowest BCUT2D eigenvalue weighted by Crippen LogP contribution is -2.62. The van der Waals surface area contributed by atoms with Crippen LogP contribution in [0.15, 0.2) is 11.6 Å². The Morgan fingerprint density at radius 3 is 2.50 bits per heavy atom. The van der Waals surface area contributed by atoms with Crippen molar-refractivity contribution < 1.29 is 24.2 Å². The molecule has 5 nitrogen and oxygen atoms in total. The van der Waals surface area contributed by atoms with Crippen LogP contribution in [0.25, 0.3) is 0 Å². The molecule has 0 aromatic heterocycles. The van der Waals surface area contributed by atoms with E-state index >= 15 is 0 Å². The molecule has 4 aliphatic rings. The second-order valence-electron chi connectivity index (χ2n) is 10.1. The zero-order chi connectivity index (χ0) is 20.5. The van der Waals surface area contributed by atoms with Crippen LogP contribution in [-0.4, -0.2) is 34.3 Å². The van der Waals surface area contributed by atoms with E-state index in [-0.39, 0.29) is 34.7 Å². The van der Waals surface area contributed by atoms with Crippen LogP contribution in [0.3, 0.4) is 0 Å². The van der Waals surface area contributed by atoms with Crippen molar-refractivity contribution in [3.8, 4) is 0 Å². The minimum Gasteiger partial charge on any atom is -0.451 e. The number of hydrogen-bond acceptors (Lipinski definition) is 5. The lowest BCUT2D eigenvalue weighted by molar-refractivity contribution is -0.198. The first-order valence-corrected chi connectivity index (χ1v) is 10.7.